The predicted molar refractivity (Wildman–Crippen MR) is 79.0 cm³/mol. The summed E-state index contributed by atoms with van der Waals surface area (Å²) in [5.41, 5.74) is 8.55. The van der Waals surface area contributed by atoms with Crippen LogP contribution in [0.15, 0.2) is 29.3 Å². The van der Waals surface area contributed by atoms with Crippen LogP contribution in [0.2, 0.25) is 0 Å². The molecule has 3 nitrogen and oxygen atoms in total. The Morgan fingerprint density at radius 2 is 1.83 bits per heavy atom. The van der Waals surface area contributed by atoms with E-state index in [0.717, 1.165) is 19.5 Å². The van der Waals surface area contributed by atoms with E-state index in [-0.39, 0.29) is 5.41 Å². The Hall–Kier alpha value is -1.51. The first kappa shape index (κ1) is 14.6. The van der Waals surface area contributed by atoms with E-state index in [2.05, 4.69) is 55.3 Å². The van der Waals surface area contributed by atoms with Crippen LogP contribution in [0.3, 0.4) is 0 Å². The summed E-state index contributed by atoms with van der Waals surface area (Å²) in [4.78, 5) is 4.26. The van der Waals surface area contributed by atoms with Gasteiger partial charge in [-0.1, -0.05) is 45.0 Å². The van der Waals surface area contributed by atoms with Gasteiger partial charge in [0, 0.05) is 13.1 Å². The summed E-state index contributed by atoms with van der Waals surface area (Å²) < 4.78 is 0. The minimum Gasteiger partial charge on any atom is -0.370 e. The van der Waals surface area contributed by atoms with E-state index in [1.807, 2.05) is 6.92 Å². The number of nitrogens with one attached hydrogen (secondary N) is 1. The maximum absolute atomic E-state index is 5.67. The minimum atomic E-state index is 0.214. The van der Waals surface area contributed by atoms with Crippen molar-refractivity contribution < 1.29 is 0 Å². The molecule has 0 amide bonds. The van der Waals surface area contributed by atoms with Gasteiger partial charge in [-0.3, -0.25) is 4.99 Å². The van der Waals surface area contributed by atoms with Crippen molar-refractivity contribution in [1.29, 1.82) is 0 Å². The van der Waals surface area contributed by atoms with E-state index in [1.165, 1.54) is 11.1 Å². The second-order valence-corrected chi connectivity index (χ2v) is 5.49. The first-order valence-corrected chi connectivity index (χ1v) is 6.56. The summed E-state index contributed by atoms with van der Waals surface area (Å²) in [6.45, 7) is 10.2. The Bertz CT molecular complexity index is 385. The largest absolute Gasteiger partial charge is 0.370 e. The third-order valence-electron chi connectivity index (χ3n) is 2.86. The highest BCUT2D eigenvalue weighted by atomic mass is 15.1. The molecular weight excluding hydrogens is 222 g/mol. The van der Waals surface area contributed by atoms with Crippen LogP contribution in [0, 0.1) is 0 Å². The molecule has 0 aliphatic carbocycles. The second kappa shape index (κ2) is 6.43. The van der Waals surface area contributed by atoms with Crippen LogP contribution in [-0.2, 0) is 11.8 Å². The Balaban J connectivity index is 2.52. The lowest BCUT2D eigenvalue weighted by Crippen LogP contribution is -2.31. The quantitative estimate of drug-likeness (QED) is 0.634. The molecule has 1 aromatic carbocycles. The number of aliphatic imine (C=N–C) groups is 1. The van der Waals surface area contributed by atoms with Gasteiger partial charge in [0.05, 0.1) is 0 Å². The Labute approximate surface area is 111 Å². The van der Waals surface area contributed by atoms with Crippen LogP contribution in [0.1, 0.15) is 38.8 Å². The van der Waals surface area contributed by atoms with Crippen molar-refractivity contribution in [2.24, 2.45) is 10.7 Å². The van der Waals surface area contributed by atoms with Gasteiger partial charge in [-0.05, 0) is 29.9 Å². The van der Waals surface area contributed by atoms with Crippen LogP contribution in [0.25, 0.3) is 0 Å². The lowest BCUT2D eigenvalue weighted by Gasteiger charge is -2.19. The molecule has 0 aliphatic rings. The van der Waals surface area contributed by atoms with Crippen LogP contribution < -0.4 is 11.1 Å². The van der Waals surface area contributed by atoms with Crippen molar-refractivity contribution >= 4 is 5.96 Å². The van der Waals surface area contributed by atoms with Crippen LogP contribution in [0.4, 0.5) is 0 Å². The molecule has 0 radical (unpaired) electrons. The maximum Gasteiger partial charge on any atom is 0.188 e. The van der Waals surface area contributed by atoms with E-state index >= 15 is 0 Å². The molecule has 0 spiro atoms. The van der Waals surface area contributed by atoms with Gasteiger partial charge in [0.2, 0.25) is 0 Å². The SMILES string of the molecule is CCNC(N)=NCCc1ccc(C(C)(C)C)cc1. The molecule has 0 fully saturated rings. The first-order chi connectivity index (χ1) is 8.43. The molecule has 0 saturated carbocycles. The average molecular weight is 247 g/mol. The third kappa shape index (κ3) is 4.78. The number of nitrogens with zero attached hydrogens (tertiary/aromatic N) is 1. The van der Waals surface area contributed by atoms with E-state index < -0.39 is 0 Å². The highest BCUT2D eigenvalue weighted by Crippen LogP contribution is 2.22. The molecule has 0 unspecified atom stereocenters. The fraction of sp³-hybridized carbons (Fsp3) is 0.533. The van der Waals surface area contributed by atoms with Crippen LogP contribution >= 0.6 is 0 Å². The van der Waals surface area contributed by atoms with Gasteiger partial charge in [0.15, 0.2) is 5.96 Å². The van der Waals surface area contributed by atoms with Gasteiger partial charge >= 0.3 is 0 Å². The molecule has 0 heterocycles. The smallest absolute Gasteiger partial charge is 0.188 e. The molecule has 100 valence electrons. The van der Waals surface area contributed by atoms with Crippen molar-refractivity contribution in [2.75, 3.05) is 13.1 Å². The van der Waals surface area contributed by atoms with Gasteiger partial charge in [0.1, 0.15) is 0 Å². The van der Waals surface area contributed by atoms with Gasteiger partial charge in [-0.2, -0.15) is 0 Å². The van der Waals surface area contributed by atoms with Crippen LogP contribution in [-0.4, -0.2) is 19.0 Å². The van der Waals surface area contributed by atoms with Crippen molar-refractivity contribution in [1.82, 2.24) is 5.32 Å². The highest BCUT2D eigenvalue weighted by molar-refractivity contribution is 5.77. The van der Waals surface area contributed by atoms with Gasteiger partial charge in [-0.15, -0.1) is 0 Å². The van der Waals surface area contributed by atoms with E-state index in [1.54, 1.807) is 0 Å². The normalized spacial score (nSPS) is 12.6. The number of benzene rings is 1. The summed E-state index contributed by atoms with van der Waals surface area (Å²) in [5, 5.41) is 2.99. The molecule has 0 atom stereocenters. The van der Waals surface area contributed by atoms with Gasteiger partial charge in [0.25, 0.3) is 0 Å². The summed E-state index contributed by atoms with van der Waals surface area (Å²) in [6, 6.07) is 8.76. The molecule has 18 heavy (non-hydrogen) atoms. The molecule has 0 bridgehead atoms. The van der Waals surface area contributed by atoms with E-state index in [0.29, 0.717) is 5.96 Å². The maximum atomic E-state index is 5.67. The first-order valence-electron chi connectivity index (χ1n) is 6.56. The van der Waals surface area contributed by atoms with Crippen LogP contribution in [0.5, 0.6) is 0 Å². The standard InChI is InChI=1S/C15H25N3/c1-5-17-14(16)18-11-10-12-6-8-13(9-7-12)15(2,3)4/h6-9H,5,10-11H2,1-4H3,(H3,16,17,18). The van der Waals surface area contributed by atoms with Crippen molar-refractivity contribution in [2.45, 2.75) is 39.5 Å². The summed E-state index contributed by atoms with van der Waals surface area (Å²) in [6.07, 6.45) is 0.927. The fourth-order valence-electron chi connectivity index (χ4n) is 1.71. The van der Waals surface area contributed by atoms with Crippen molar-refractivity contribution in [3.05, 3.63) is 35.4 Å². The molecule has 3 heteroatoms. The summed E-state index contributed by atoms with van der Waals surface area (Å²) >= 11 is 0. The topological polar surface area (TPSA) is 50.4 Å². The Kier molecular flexibility index (Phi) is 5.20. The molecule has 0 aliphatic heterocycles. The van der Waals surface area contributed by atoms with Gasteiger partial charge in [-0.25, -0.2) is 0 Å². The highest BCUT2D eigenvalue weighted by Gasteiger charge is 2.12. The second-order valence-electron chi connectivity index (χ2n) is 5.49. The van der Waals surface area contributed by atoms with Crippen molar-refractivity contribution in [3.63, 3.8) is 0 Å². The molecule has 0 aromatic heterocycles. The lowest BCUT2D eigenvalue weighted by atomic mass is 9.86. The zero-order valence-corrected chi connectivity index (χ0v) is 12.0. The molecule has 1 aromatic rings. The number of nitrogens with two attached hydrogens (primary N) is 1. The summed E-state index contributed by atoms with van der Waals surface area (Å²) in [5.74, 6) is 0.531. The van der Waals surface area contributed by atoms with E-state index in [9.17, 15) is 0 Å². The van der Waals surface area contributed by atoms with E-state index in [4.69, 9.17) is 5.73 Å². The van der Waals surface area contributed by atoms with Gasteiger partial charge < -0.3 is 11.1 Å². The molecule has 0 saturated heterocycles. The number of hydrogen-bond acceptors (Lipinski definition) is 1. The zero-order chi connectivity index (χ0) is 13.6. The number of guanidine groups is 1. The van der Waals surface area contributed by atoms with Crippen molar-refractivity contribution in [3.8, 4) is 0 Å². The number of hydrogen-bond donors (Lipinski definition) is 2. The molecule has 1 rings (SSSR count). The summed E-state index contributed by atoms with van der Waals surface area (Å²) in [7, 11) is 0. The Morgan fingerprint density at radius 3 is 2.33 bits per heavy atom. The lowest BCUT2D eigenvalue weighted by molar-refractivity contribution is 0.590. The minimum absolute atomic E-state index is 0.214. The number of rotatable bonds is 4. The average Bonchev–Trinajstić information content (AvgIpc) is 2.29. The monoisotopic (exact) mass is 247 g/mol. The third-order valence-corrected chi connectivity index (χ3v) is 2.86. The Morgan fingerprint density at radius 1 is 1.22 bits per heavy atom. The fourth-order valence-corrected chi connectivity index (χ4v) is 1.71. The molecular formula is C15H25N3. The molecule has 3 N–H and O–H groups in total. The zero-order valence-electron chi connectivity index (χ0n) is 12.0. The predicted octanol–water partition coefficient (Wildman–Crippen LogP) is 2.45.